The highest BCUT2D eigenvalue weighted by Crippen LogP contribution is 2.17. The summed E-state index contributed by atoms with van der Waals surface area (Å²) in [7, 11) is -3.04. The lowest BCUT2D eigenvalue weighted by Gasteiger charge is -2.11. The van der Waals surface area contributed by atoms with Gasteiger partial charge in [-0.1, -0.05) is 0 Å². The van der Waals surface area contributed by atoms with Gasteiger partial charge in [-0.05, 0) is 0 Å². The summed E-state index contributed by atoms with van der Waals surface area (Å²) in [5.74, 6) is -0.331. The molecule has 0 aromatic carbocycles. The Kier molecular flexibility index (Phi) is 2.63. The number of carbonyl (C=O) groups excluding carboxylic acids is 1. The third-order valence-corrected chi connectivity index (χ3v) is 4.05. The van der Waals surface area contributed by atoms with Gasteiger partial charge in [0.15, 0.2) is 9.84 Å². The number of nitrogens with one attached hydrogen (secondary N) is 1. The molecule has 0 spiro atoms. The largest absolute Gasteiger partial charge is 0.351 e. The molecule has 1 fully saturated rings. The Morgan fingerprint density at radius 3 is 2.42 bits per heavy atom. The number of rotatable bonds is 1. The zero-order valence-electron chi connectivity index (χ0n) is 6.58. The number of hydrogen-bond donors (Lipinski definition) is 1. The number of amides is 1. The monoisotopic (exact) mass is 211 g/mol. The number of alkyl halides is 1. The Morgan fingerprint density at radius 2 is 2.08 bits per heavy atom. The fraction of sp³-hybridized carbons (Fsp3) is 0.833. The van der Waals surface area contributed by atoms with Crippen molar-refractivity contribution in [1.29, 1.82) is 0 Å². The van der Waals surface area contributed by atoms with Crippen LogP contribution in [0.1, 0.15) is 6.92 Å². The van der Waals surface area contributed by atoms with E-state index in [2.05, 4.69) is 5.32 Å². The molecule has 1 rings (SSSR count). The topological polar surface area (TPSA) is 63.2 Å². The second kappa shape index (κ2) is 3.22. The number of halogens is 1. The minimum Gasteiger partial charge on any atom is -0.351 e. The smallest absolute Gasteiger partial charge is 0.217 e. The first-order valence-corrected chi connectivity index (χ1v) is 5.78. The Bertz CT molecular complexity index is 287. The zero-order chi connectivity index (χ0) is 9.35. The second-order valence-corrected chi connectivity index (χ2v) is 5.61. The lowest BCUT2D eigenvalue weighted by Crippen LogP contribution is -2.39. The van der Waals surface area contributed by atoms with Crippen molar-refractivity contribution in [2.45, 2.75) is 18.3 Å². The summed E-state index contributed by atoms with van der Waals surface area (Å²) in [5, 5.41) is 2.01. The molecule has 1 amide bonds. The molecule has 1 saturated heterocycles. The minimum absolute atomic E-state index is 0.0409. The maximum atomic E-state index is 11.0. The van der Waals surface area contributed by atoms with Crippen LogP contribution in [0.15, 0.2) is 0 Å². The van der Waals surface area contributed by atoms with E-state index in [1.807, 2.05) is 0 Å². The Balaban J connectivity index is 2.64. The molecular weight excluding hydrogens is 202 g/mol. The van der Waals surface area contributed by atoms with Crippen LogP contribution in [0.25, 0.3) is 0 Å². The SMILES string of the molecule is CC(=O)N[C@H]1CS(=O)(=O)C[C@H]1Cl. The Morgan fingerprint density at radius 1 is 1.50 bits per heavy atom. The van der Waals surface area contributed by atoms with Crippen LogP contribution in [0, 0.1) is 0 Å². The van der Waals surface area contributed by atoms with Crippen LogP contribution in [0.4, 0.5) is 0 Å². The van der Waals surface area contributed by atoms with Crippen LogP contribution in [0.3, 0.4) is 0 Å². The molecule has 6 heteroatoms. The second-order valence-electron chi connectivity index (χ2n) is 2.90. The van der Waals surface area contributed by atoms with E-state index in [9.17, 15) is 13.2 Å². The van der Waals surface area contributed by atoms with Gasteiger partial charge in [-0.25, -0.2) is 8.42 Å². The van der Waals surface area contributed by atoms with E-state index in [1.165, 1.54) is 6.92 Å². The molecule has 0 unspecified atom stereocenters. The van der Waals surface area contributed by atoms with E-state index in [0.29, 0.717) is 0 Å². The van der Waals surface area contributed by atoms with Gasteiger partial charge < -0.3 is 5.32 Å². The molecule has 2 atom stereocenters. The summed E-state index contributed by atoms with van der Waals surface area (Å²) in [6, 6.07) is -0.422. The quantitative estimate of drug-likeness (QED) is 0.597. The lowest BCUT2D eigenvalue weighted by molar-refractivity contribution is -0.119. The molecule has 1 aliphatic heterocycles. The van der Waals surface area contributed by atoms with Crippen molar-refractivity contribution in [1.82, 2.24) is 5.32 Å². The molecule has 0 bridgehead atoms. The van der Waals surface area contributed by atoms with E-state index in [4.69, 9.17) is 11.6 Å². The molecule has 12 heavy (non-hydrogen) atoms. The minimum atomic E-state index is -3.04. The van der Waals surface area contributed by atoms with Crippen molar-refractivity contribution in [3.63, 3.8) is 0 Å². The van der Waals surface area contributed by atoms with Gasteiger partial charge in [0.2, 0.25) is 5.91 Å². The van der Waals surface area contributed by atoms with Gasteiger partial charge >= 0.3 is 0 Å². The number of sulfone groups is 1. The molecule has 1 heterocycles. The highest BCUT2D eigenvalue weighted by molar-refractivity contribution is 7.91. The molecule has 0 saturated carbocycles. The molecule has 0 aromatic heterocycles. The summed E-state index contributed by atoms with van der Waals surface area (Å²) in [6.45, 7) is 1.34. The van der Waals surface area contributed by atoms with E-state index < -0.39 is 21.3 Å². The van der Waals surface area contributed by atoms with Crippen molar-refractivity contribution in [2.75, 3.05) is 11.5 Å². The van der Waals surface area contributed by atoms with E-state index in [0.717, 1.165) is 0 Å². The summed E-state index contributed by atoms with van der Waals surface area (Å²) in [6.07, 6.45) is 0. The first kappa shape index (κ1) is 9.80. The normalized spacial score (nSPS) is 33.2. The summed E-state index contributed by atoms with van der Waals surface area (Å²) >= 11 is 5.71. The maximum Gasteiger partial charge on any atom is 0.217 e. The van der Waals surface area contributed by atoms with Gasteiger partial charge in [-0.2, -0.15) is 0 Å². The fourth-order valence-corrected chi connectivity index (χ4v) is 3.75. The highest BCUT2D eigenvalue weighted by Gasteiger charge is 2.36. The van der Waals surface area contributed by atoms with Crippen LogP contribution < -0.4 is 5.32 Å². The van der Waals surface area contributed by atoms with Crippen LogP contribution in [0.2, 0.25) is 0 Å². The van der Waals surface area contributed by atoms with E-state index in [-0.39, 0.29) is 17.4 Å². The molecule has 70 valence electrons. The van der Waals surface area contributed by atoms with Crippen molar-refractivity contribution in [2.24, 2.45) is 0 Å². The standard InChI is InChI=1S/C6H10ClNO3S/c1-4(9)8-6-3-12(10,11)2-5(6)7/h5-6H,2-3H2,1H3,(H,8,9)/t5-,6+/m1/s1. The molecule has 4 nitrogen and oxygen atoms in total. The van der Waals surface area contributed by atoms with Crippen molar-refractivity contribution in [3.05, 3.63) is 0 Å². The van der Waals surface area contributed by atoms with Gasteiger partial charge in [0, 0.05) is 6.92 Å². The summed E-state index contributed by atoms with van der Waals surface area (Å²) in [4.78, 5) is 10.6. The molecule has 0 aromatic rings. The number of hydrogen-bond acceptors (Lipinski definition) is 3. The maximum absolute atomic E-state index is 11.0. The van der Waals surface area contributed by atoms with E-state index in [1.54, 1.807) is 0 Å². The molecular formula is C6H10ClNO3S. The molecule has 1 N–H and O–H groups in total. The predicted molar refractivity (Wildman–Crippen MR) is 45.9 cm³/mol. The van der Waals surface area contributed by atoms with Gasteiger partial charge in [-0.15, -0.1) is 11.6 Å². The average molecular weight is 212 g/mol. The Labute approximate surface area is 76.2 Å². The van der Waals surface area contributed by atoms with Crippen LogP contribution in [-0.2, 0) is 14.6 Å². The zero-order valence-corrected chi connectivity index (χ0v) is 8.15. The van der Waals surface area contributed by atoms with Crippen LogP contribution in [0.5, 0.6) is 0 Å². The Hall–Kier alpha value is -0.290. The first-order chi connectivity index (χ1) is 5.41. The highest BCUT2D eigenvalue weighted by atomic mass is 35.5. The summed E-state index contributed by atoms with van der Waals surface area (Å²) < 4.78 is 22.0. The third kappa shape index (κ3) is 2.35. The molecule has 0 radical (unpaired) electrons. The van der Waals surface area contributed by atoms with Crippen molar-refractivity contribution < 1.29 is 13.2 Å². The van der Waals surface area contributed by atoms with Crippen molar-refractivity contribution >= 4 is 27.3 Å². The molecule has 1 aliphatic rings. The van der Waals surface area contributed by atoms with Gasteiger partial charge in [0.05, 0.1) is 22.9 Å². The summed E-state index contributed by atoms with van der Waals surface area (Å²) in [5.41, 5.74) is 0. The third-order valence-electron chi connectivity index (χ3n) is 1.67. The first-order valence-electron chi connectivity index (χ1n) is 3.52. The van der Waals surface area contributed by atoms with Crippen LogP contribution in [-0.4, -0.2) is 37.2 Å². The van der Waals surface area contributed by atoms with Gasteiger partial charge in [0.1, 0.15) is 0 Å². The lowest BCUT2D eigenvalue weighted by atomic mass is 10.2. The average Bonchev–Trinajstić information content (AvgIpc) is 2.03. The van der Waals surface area contributed by atoms with Crippen molar-refractivity contribution in [3.8, 4) is 0 Å². The van der Waals surface area contributed by atoms with Gasteiger partial charge in [0.25, 0.3) is 0 Å². The van der Waals surface area contributed by atoms with Crippen LogP contribution >= 0.6 is 11.6 Å². The fourth-order valence-electron chi connectivity index (χ4n) is 1.20. The van der Waals surface area contributed by atoms with Gasteiger partial charge in [-0.3, -0.25) is 4.79 Å². The predicted octanol–water partition coefficient (Wildman–Crippen LogP) is -0.473. The van der Waals surface area contributed by atoms with E-state index >= 15 is 0 Å². The molecule has 0 aliphatic carbocycles. The number of carbonyl (C=O) groups is 1.